The minimum Gasteiger partial charge on any atom is -0.384 e. The maximum atomic E-state index is 13.3. The van der Waals surface area contributed by atoms with Crippen LogP contribution in [0.4, 0.5) is 17.6 Å². The van der Waals surface area contributed by atoms with Crippen molar-refractivity contribution in [2.75, 3.05) is 0 Å². The van der Waals surface area contributed by atoms with Crippen LogP contribution in [0.3, 0.4) is 0 Å². The van der Waals surface area contributed by atoms with Crippen molar-refractivity contribution in [2.45, 2.75) is 23.4 Å². The largest absolute Gasteiger partial charge is 0.446 e. The number of aryl methyl sites for hydroxylation is 1. The summed E-state index contributed by atoms with van der Waals surface area (Å²) in [7, 11) is 0. The zero-order valence-electron chi connectivity index (χ0n) is 11.0. The summed E-state index contributed by atoms with van der Waals surface area (Å²) in [5.41, 5.74) is -2.91. The molecule has 2 rings (SSSR count). The average molecular weight is 316 g/mol. The zero-order valence-corrected chi connectivity index (χ0v) is 11.8. The maximum absolute atomic E-state index is 13.3. The lowest BCUT2D eigenvalue weighted by atomic mass is 10.00. The SMILES string of the molecule is Cc1cc(F)cc(C(O)c2ccc(SC(F)(F)F)cc2)c1. The molecule has 2 aromatic carbocycles. The highest BCUT2D eigenvalue weighted by atomic mass is 32.2. The van der Waals surface area contributed by atoms with Crippen molar-refractivity contribution < 1.29 is 22.7 Å². The van der Waals surface area contributed by atoms with Gasteiger partial charge in [-0.05, 0) is 59.6 Å². The number of thioether (sulfide) groups is 1. The van der Waals surface area contributed by atoms with Crippen molar-refractivity contribution in [3.8, 4) is 0 Å². The Morgan fingerprint density at radius 3 is 2.14 bits per heavy atom. The van der Waals surface area contributed by atoms with Gasteiger partial charge in [-0.3, -0.25) is 0 Å². The molecule has 0 heterocycles. The Morgan fingerprint density at radius 1 is 1.00 bits per heavy atom. The molecule has 21 heavy (non-hydrogen) atoms. The van der Waals surface area contributed by atoms with E-state index in [1.165, 1.54) is 36.4 Å². The molecule has 0 aliphatic heterocycles. The van der Waals surface area contributed by atoms with E-state index in [-0.39, 0.29) is 16.7 Å². The fourth-order valence-corrected chi connectivity index (χ4v) is 2.51. The number of hydrogen-bond donors (Lipinski definition) is 1. The smallest absolute Gasteiger partial charge is 0.384 e. The molecule has 0 radical (unpaired) electrons. The first-order valence-electron chi connectivity index (χ1n) is 6.05. The Hall–Kier alpha value is -1.53. The van der Waals surface area contributed by atoms with Crippen molar-refractivity contribution in [1.82, 2.24) is 0 Å². The van der Waals surface area contributed by atoms with Gasteiger partial charge in [0, 0.05) is 4.90 Å². The molecule has 2 aromatic rings. The monoisotopic (exact) mass is 316 g/mol. The Labute approximate surface area is 123 Å². The van der Waals surface area contributed by atoms with Crippen LogP contribution < -0.4 is 0 Å². The molecule has 0 saturated heterocycles. The van der Waals surface area contributed by atoms with Gasteiger partial charge in [0.15, 0.2) is 0 Å². The maximum Gasteiger partial charge on any atom is 0.446 e. The summed E-state index contributed by atoms with van der Waals surface area (Å²) in [6.45, 7) is 1.70. The molecule has 1 nitrogen and oxygen atoms in total. The molecule has 1 unspecified atom stereocenters. The van der Waals surface area contributed by atoms with Crippen LogP contribution in [0.5, 0.6) is 0 Å². The van der Waals surface area contributed by atoms with E-state index in [0.717, 1.165) is 0 Å². The zero-order chi connectivity index (χ0) is 15.6. The van der Waals surface area contributed by atoms with Crippen molar-refractivity contribution in [1.29, 1.82) is 0 Å². The third kappa shape index (κ3) is 4.47. The summed E-state index contributed by atoms with van der Waals surface area (Å²) < 4.78 is 50.0. The van der Waals surface area contributed by atoms with E-state index in [1.54, 1.807) is 13.0 Å². The molecule has 6 heteroatoms. The lowest BCUT2D eigenvalue weighted by Crippen LogP contribution is -2.02. The standard InChI is InChI=1S/C15H12F4OS/c1-9-6-11(8-12(16)7-9)14(20)10-2-4-13(5-3-10)21-15(17,18)19/h2-8,14,20H,1H3. The van der Waals surface area contributed by atoms with E-state index in [0.29, 0.717) is 16.7 Å². The number of hydrogen-bond acceptors (Lipinski definition) is 2. The molecular weight excluding hydrogens is 304 g/mol. The second-order valence-corrected chi connectivity index (χ2v) is 5.72. The molecule has 0 aliphatic rings. The molecule has 0 aromatic heterocycles. The molecule has 1 N–H and O–H groups in total. The highest BCUT2D eigenvalue weighted by Gasteiger charge is 2.29. The number of rotatable bonds is 3. The van der Waals surface area contributed by atoms with Gasteiger partial charge in [0.2, 0.25) is 0 Å². The minimum absolute atomic E-state index is 0.0360. The van der Waals surface area contributed by atoms with Gasteiger partial charge in [-0.15, -0.1) is 0 Å². The Balaban J connectivity index is 2.21. The first-order valence-corrected chi connectivity index (χ1v) is 6.87. The van der Waals surface area contributed by atoms with Gasteiger partial charge in [0.25, 0.3) is 0 Å². The van der Waals surface area contributed by atoms with Gasteiger partial charge >= 0.3 is 5.51 Å². The van der Waals surface area contributed by atoms with Gasteiger partial charge in [-0.1, -0.05) is 18.2 Å². The van der Waals surface area contributed by atoms with Gasteiger partial charge in [0.05, 0.1) is 0 Å². The number of alkyl halides is 3. The summed E-state index contributed by atoms with van der Waals surface area (Å²) in [4.78, 5) is 0.0360. The quantitative estimate of drug-likeness (QED) is 0.646. The Kier molecular flexibility index (Phi) is 4.58. The molecule has 0 amide bonds. The Morgan fingerprint density at radius 2 is 1.62 bits per heavy atom. The van der Waals surface area contributed by atoms with Gasteiger partial charge < -0.3 is 5.11 Å². The van der Waals surface area contributed by atoms with E-state index < -0.39 is 17.4 Å². The van der Waals surface area contributed by atoms with Crippen LogP contribution in [0.1, 0.15) is 22.8 Å². The van der Waals surface area contributed by atoms with Crippen molar-refractivity contribution in [3.05, 3.63) is 65.0 Å². The molecule has 1 atom stereocenters. The van der Waals surface area contributed by atoms with Crippen molar-refractivity contribution >= 4 is 11.8 Å². The second kappa shape index (κ2) is 6.07. The normalized spacial score (nSPS) is 13.2. The van der Waals surface area contributed by atoms with Crippen LogP contribution in [0, 0.1) is 12.7 Å². The molecule has 0 fully saturated rings. The van der Waals surface area contributed by atoms with Gasteiger partial charge in [0.1, 0.15) is 11.9 Å². The number of aliphatic hydroxyl groups is 1. The molecule has 0 spiro atoms. The summed E-state index contributed by atoms with van der Waals surface area (Å²) in [5, 5.41) is 10.2. The first-order chi connectivity index (χ1) is 9.74. The van der Waals surface area contributed by atoms with E-state index >= 15 is 0 Å². The minimum atomic E-state index is -4.35. The Bertz CT molecular complexity index is 602. The highest BCUT2D eigenvalue weighted by molar-refractivity contribution is 8.00. The number of benzene rings is 2. The highest BCUT2D eigenvalue weighted by Crippen LogP contribution is 2.37. The van der Waals surface area contributed by atoms with Crippen LogP contribution in [-0.2, 0) is 0 Å². The van der Waals surface area contributed by atoms with Crippen molar-refractivity contribution in [2.24, 2.45) is 0 Å². The van der Waals surface area contributed by atoms with Crippen LogP contribution in [-0.4, -0.2) is 10.6 Å². The van der Waals surface area contributed by atoms with Crippen LogP contribution in [0.15, 0.2) is 47.4 Å². The molecule has 0 aliphatic carbocycles. The molecule has 0 bridgehead atoms. The van der Waals surface area contributed by atoms with Gasteiger partial charge in [-0.25, -0.2) is 4.39 Å². The summed E-state index contributed by atoms with van der Waals surface area (Å²) in [6.07, 6.45) is -1.08. The predicted octanol–water partition coefficient (Wildman–Crippen LogP) is 4.83. The third-order valence-corrected chi connectivity index (χ3v) is 3.55. The topological polar surface area (TPSA) is 20.2 Å². The van der Waals surface area contributed by atoms with E-state index in [2.05, 4.69) is 0 Å². The predicted molar refractivity (Wildman–Crippen MR) is 73.6 cm³/mol. The lowest BCUT2D eigenvalue weighted by Gasteiger charge is -2.13. The second-order valence-electron chi connectivity index (χ2n) is 4.58. The fourth-order valence-electron chi connectivity index (χ4n) is 1.97. The number of aliphatic hydroxyl groups excluding tert-OH is 1. The summed E-state index contributed by atoms with van der Waals surface area (Å²) in [5.74, 6) is -0.465. The fraction of sp³-hybridized carbons (Fsp3) is 0.200. The average Bonchev–Trinajstić information content (AvgIpc) is 2.35. The molecule has 0 saturated carbocycles. The van der Waals surface area contributed by atoms with Crippen LogP contribution in [0.2, 0.25) is 0 Å². The lowest BCUT2D eigenvalue weighted by molar-refractivity contribution is -0.0328. The van der Waals surface area contributed by atoms with E-state index in [1.807, 2.05) is 0 Å². The summed E-state index contributed by atoms with van der Waals surface area (Å²) >= 11 is -0.220. The molecular formula is C15H12F4OS. The summed E-state index contributed by atoms with van der Waals surface area (Å²) in [6, 6.07) is 9.53. The van der Waals surface area contributed by atoms with E-state index in [4.69, 9.17) is 0 Å². The number of halogens is 4. The van der Waals surface area contributed by atoms with Crippen LogP contribution in [0.25, 0.3) is 0 Å². The third-order valence-electron chi connectivity index (χ3n) is 2.81. The van der Waals surface area contributed by atoms with Gasteiger partial charge in [-0.2, -0.15) is 13.2 Å². The van der Waals surface area contributed by atoms with Crippen molar-refractivity contribution in [3.63, 3.8) is 0 Å². The van der Waals surface area contributed by atoms with E-state index in [9.17, 15) is 22.7 Å². The van der Waals surface area contributed by atoms with Crippen LogP contribution >= 0.6 is 11.8 Å². The molecule has 112 valence electrons. The first kappa shape index (κ1) is 15.9.